The molecular formula is C11H11ClN2OS2. The van der Waals surface area contributed by atoms with Crippen LogP contribution in [0.15, 0.2) is 34.1 Å². The summed E-state index contributed by atoms with van der Waals surface area (Å²) in [7, 11) is 0. The second-order valence-electron chi connectivity index (χ2n) is 3.21. The van der Waals surface area contributed by atoms with Crippen molar-refractivity contribution in [2.45, 2.75) is 10.8 Å². The number of rotatable bonds is 6. The first-order valence-electron chi connectivity index (χ1n) is 5.12. The molecular weight excluding hydrogens is 276 g/mol. The lowest BCUT2D eigenvalue weighted by Crippen LogP contribution is -1.98. The van der Waals surface area contributed by atoms with Crippen molar-refractivity contribution in [3.05, 3.63) is 34.8 Å². The molecule has 90 valence electrons. The lowest BCUT2D eigenvalue weighted by Gasteiger charge is -2.05. The number of hydrogen-bond donors (Lipinski definition) is 0. The fourth-order valence-corrected chi connectivity index (χ4v) is 2.76. The average Bonchev–Trinajstić information content (AvgIpc) is 2.84. The van der Waals surface area contributed by atoms with Crippen molar-refractivity contribution in [1.82, 2.24) is 10.2 Å². The number of ether oxygens (including phenoxy) is 1. The van der Waals surface area contributed by atoms with E-state index in [4.69, 9.17) is 16.3 Å². The predicted octanol–water partition coefficient (Wildman–Crippen LogP) is 3.75. The summed E-state index contributed by atoms with van der Waals surface area (Å²) in [6.07, 6.45) is 0.979. The Labute approximate surface area is 113 Å². The average molecular weight is 287 g/mol. The highest BCUT2D eigenvalue weighted by molar-refractivity contribution is 8.00. The molecule has 0 aliphatic rings. The number of benzene rings is 1. The molecule has 1 aromatic carbocycles. The third-order valence-electron chi connectivity index (χ3n) is 1.94. The molecule has 1 heterocycles. The first kappa shape index (κ1) is 12.7. The highest BCUT2D eigenvalue weighted by Gasteiger charge is 1.98. The summed E-state index contributed by atoms with van der Waals surface area (Å²) in [5, 5.41) is 8.46. The maximum atomic E-state index is 5.78. The quantitative estimate of drug-likeness (QED) is 0.598. The van der Waals surface area contributed by atoms with Gasteiger partial charge in [0.1, 0.15) is 11.3 Å². The van der Waals surface area contributed by atoms with Crippen LogP contribution in [0.25, 0.3) is 0 Å². The van der Waals surface area contributed by atoms with Crippen LogP contribution >= 0.6 is 34.7 Å². The molecule has 0 radical (unpaired) electrons. The summed E-state index contributed by atoms with van der Waals surface area (Å²) in [5.74, 6) is 1.85. The Kier molecular flexibility index (Phi) is 5.09. The Balaban J connectivity index is 1.61. The van der Waals surface area contributed by atoms with Gasteiger partial charge in [-0.25, -0.2) is 0 Å². The van der Waals surface area contributed by atoms with Gasteiger partial charge in [-0.2, -0.15) is 0 Å². The van der Waals surface area contributed by atoms with Crippen molar-refractivity contribution < 1.29 is 4.74 Å². The van der Waals surface area contributed by atoms with Gasteiger partial charge in [0.05, 0.1) is 6.61 Å². The summed E-state index contributed by atoms with van der Waals surface area (Å²) in [5.41, 5.74) is 1.74. The first-order valence-corrected chi connectivity index (χ1v) is 7.36. The second-order valence-corrected chi connectivity index (χ2v) is 5.82. The van der Waals surface area contributed by atoms with Gasteiger partial charge in [0.15, 0.2) is 4.34 Å². The highest BCUT2D eigenvalue weighted by atomic mass is 35.5. The number of halogens is 1. The van der Waals surface area contributed by atoms with E-state index in [0.29, 0.717) is 6.61 Å². The predicted molar refractivity (Wildman–Crippen MR) is 72.2 cm³/mol. The summed E-state index contributed by atoms with van der Waals surface area (Å²) < 4.78 is 6.59. The monoisotopic (exact) mass is 286 g/mol. The number of hydrogen-bond acceptors (Lipinski definition) is 5. The summed E-state index contributed by atoms with van der Waals surface area (Å²) in [6, 6.07) is 7.40. The largest absolute Gasteiger partial charge is 0.494 e. The summed E-state index contributed by atoms with van der Waals surface area (Å²) in [6.45, 7) is 0.702. The highest BCUT2D eigenvalue weighted by Crippen LogP contribution is 2.20. The minimum Gasteiger partial charge on any atom is -0.494 e. The van der Waals surface area contributed by atoms with Gasteiger partial charge in [0, 0.05) is 10.8 Å². The third-order valence-corrected chi connectivity index (χ3v) is 4.14. The van der Waals surface area contributed by atoms with Gasteiger partial charge in [0.2, 0.25) is 0 Å². The first-order chi connectivity index (χ1) is 8.34. The van der Waals surface area contributed by atoms with Crippen LogP contribution in [0.1, 0.15) is 6.42 Å². The van der Waals surface area contributed by atoms with Crippen LogP contribution in [-0.2, 0) is 0 Å². The molecule has 3 nitrogen and oxygen atoms in total. The van der Waals surface area contributed by atoms with E-state index in [1.807, 2.05) is 24.3 Å². The Hall–Kier alpha value is -0.780. The van der Waals surface area contributed by atoms with Crippen molar-refractivity contribution in [2.75, 3.05) is 12.4 Å². The maximum Gasteiger partial charge on any atom is 0.174 e. The van der Waals surface area contributed by atoms with E-state index in [2.05, 4.69) is 10.2 Å². The molecule has 0 N–H and O–H groups in total. The zero-order valence-electron chi connectivity index (χ0n) is 9.01. The van der Waals surface area contributed by atoms with Crippen LogP contribution < -0.4 is 4.74 Å². The van der Waals surface area contributed by atoms with Gasteiger partial charge in [0.25, 0.3) is 0 Å². The zero-order valence-corrected chi connectivity index (χ0v) is 11.4. The molecule has 6 heteroatoms. The fourth-order valence-electron chi connectivity index (χ4n) is 1.17. The second kappa shape index (κ2) is 6.83. The van der Waals surface area contributed by atoms with Crippen molar-refractivity contribution in [1.29, 1.82) is 0 Å². The van der Waals surface area contributed by atoms with E-state index in [1.54, 1.807) is 28.6 Å². The molecule has 0 spiro atoms. The molecule has 0 atom stereocenters. The molecule has 0 fully saturated rings. The number of aromatic nitrogens is 2. The van der Waals surface area contributed by atoms with Gasteiger partial charge in [-0.3, -0.25) is 0 Å². The fraction of sp³-hybridized carbons (Fsp3) is 0.273. The molecule has 2 aromatic rings. The van der Waals surface area contributed by atoms with Crippen LogP contribution in [0.4, 0.5) is 0 Å². The Morgan fingerprint density at radius 2 is 2.12 bits per heavy atom. The van der Waals surface area contributed by atoms with E-state index in [-0.39, 0.29) is 0 Å². The topological polar surface area (TPSA) is 35.0 Å². The van der Waals surface area contributed by atoms with Crippen molar-refractivity contribution in [3.8, 4) is 5.75 Å². The van der Waals surface area contributed by atoms with Crippen LogP contribution in [0.3, 0.4) is 0 Å². The standard InChI is InChI=1S/C11H11ClN2OS2/c12-9-2-4-10(5-3-9)15-6-1-7-16-11-14-13-8-17-11/h2-5,8H,1,6-7H2. The van der Waals surface area contributed by atoms with Crippen LogP contribution in [-0.4, -0.2) is 22.6 Å². The van der Waals surface area contributed by atoms with Crippen LogP contribution in [0.5, 0.6) is 5.75 Å². The zero-order chi connectivity index (χ0) is 11.9. The maximum absolute atomic E-state index is 5.78. The van der Waals surface area contributed by atoms with Gasteiger partial charge in [-0.05, 0) is 30.7 Å². The van der Waals surface area contributed by atoms with Gasteiger partial charge in [-0.1, -0.05) is 34.7 Å². The minimum atomic E-state index is 0.702. The van der Waals surface area contributed by atoms with Crippen molar-refractivity contribution >= 4 is 34.7 Å². The van der Waals surface area contributed by atoms with E-state index in [1.165, 1.54) is 0 Å². The normalized spacial score (nSPS) is 10.4. The molecule has 17 heavy (non-hydrogen) atoms. The van der Waals surface area contributed by atoms with E-state index in [0.717, 1.165) is 27.3 Å². The number of thioether (sulfide) groups is 1. The van der Waals surface area contributed by atoms with Gasteiger partial charge in [-0.15, -0.1) is 10.2 Å². The molecule has 1 aromatic heterocycles. The SMILES string of the molecule is Clc1ccc(OCCCSc2nncs2)cc1. The molecule has 0 aliphatic carbocycles. The van der Waals surface area contributed by atoms with E-state index < -0.39 is 0 Å². The molecule has 0 bridgehead atoms. The molecule has 0 amide bonds. The number of nitrogens with zero attached hydrogens (tertiary/aromatic N) is 2. The van der Waals surface area contributed by atoms with Crippen LogP contribution in [0.2, 0.25) is 5.02 Å². The minimum absolute atomic E-state index is 0.702. The lowest BCUT2D eigenvalue weighted by molar-refractivity contribution is 0.319. The smallest absolute Gasteiger partial charge is 0.174 e. The van der Waals surface area contributed by atoms with Gasteiger partial charge < -0.3 is 4.74 Å². The molecule has 0 saturated heterocycles. The Bertz CT molecular complexity index is 433. The molecule has 0 unspecified atom stereocenters. The van der Waals surface area contributed by atoms with Crippen LogP contribution in [0, 0.1) is 0 Å². The lowest BCUT2D eigenvalue weighted by atomic mass is 10.3. The van der Waals surface area contributed by atoms with E-state index >= 15 is 0 Å². The van der Waals surface area contributed by atoms with E-state index in [9.17, 15) is 0 Å². The Morgan fingerprint density at radius 1 is 1.29 bits per heavy atom. The molecule has 2 rings (SSSR count). The Morgan fingerprint density at radius 3 is 2.82 bits per heavy atom. The van der Waals surface area contributed by atoms with Crippen molar-refractivity contribution in [2.24, 2.45) is 0 Å². The third kappa shape index (κ3) is 4.53. The van der Waals surface area contributed by atoms with Crippen molar-refractivity contribution in [3.63, 3.8) is 0 Å². The molecule has 0 saturated carbocycles. The summed E-state index contributed by atoms with van der Waals surface area (Å²) >= 11 is 9.05. The molecule has 0 aliphatic heterocycles. The van der Waals surface area contributed by atoms with Gasteiger partial charge >= 0.3 is 0 Å². The summed E-state index contributed by atoms with van der Waals surface area (Å²) in [4.78, 5) is 0.